The fourth-order valence-corrected chi connectivity index (χ4v) is 3.33. The fraction of sp³-hybridized carbons (Fsp3) is 0.800. The van der Waals surface area contributed by atoms with E-state index in [1.165, 1.54) is 16.7 Å². The summed E-state index contributed by atoms with van der Waals surface area (Å²) in [5.41, 5.74) is 0. The molecule has 16 heavy (non-hydrogen) atoms. The van der Waals surface area contributed by atoms with Crippen molar-refractivity contribution < 1.29 is 19.8 Å². The van der Waals surface area contributed by atoms with Gasteiger partial charge in [0.05, 0.1) is 5.92 Å². The molecular weight excluding hydrogens is 230 g/mol. The number of thioether (sulfide) groups is 1. The molecule has 3 atom stereocenters. The Morgan fingerprint density at radius 2 is 2.06 bits per heavy atom. The Morgan fingerprint density at radius 3 is 2.50 bits per heavy atom. The van der Waals surface area contributed by atoms with Gasteiger partial charge >= 0.3 is 12.1 Å². The van der Waals surface area contributed by atoms with Crippen LogP contribution < -0.4 is 0 Å². The van der Waals surface area contributed by atoms with Crippen LogP contribution in [0.15, 0.2) is 0 Å². The highest BCUT2D eigenvalue weighted by molar-refractivity contribution is 7.99. The van der Waals surface area contributed by atoms with Crippen LogP contribution in [0.1, 0.15) is 19.8 Å². The summed E-state index contributed by atoms with van der Waals surface area (Å²) in [6.45, 7) is 2.16. The molecule has 0 saturated carbocycles. The van der Waals surface area contributed by atoms with Crippen molar-refractivity contribution in [2.75, 3.05) is 12.8 Å². The molecule has 0 bridgehead atoms. The summed E-state index contributed by atoms with van der Waals surface area (Å²) < 4.78 is 0. The van der Waals surface area contributed by atoms with Gasteiger partial charge in [-0.1, -0.05) is 6.92 Å². The summed E-state index contributed by atoms with van der Waals surface area (Å²) in [7, 11) is 0. The predicted molar refractivity (Wildman–Crippen MR) is 61.9 cm³/mol. The minimum atomic E-state index is -0.945. The van der Waals surface area contributed by atoms with Gasteiger partial charge in [-0.25, -0.2) is 4.79 Å². The van der Waals surface area contributed by atoms with E-state index < -0.39 is 18.0 Å². The van der Waals surface area contributed by atoms with Crippen molar-refractivity contribution in [3.05, 3.63) is 0 Å². The lowest BCUT2D eigenvalue weighted by molar-refractivity contribution is -0.141. The number of aliphatic carboxylic acids is 1. The molecule has 5 nitrogen and oxygen atoms in total. The van der Waals surface area contributed by atoms with Crippen LogP contribution in [0, 0.1) is 5.92 Å². The van der Waals surface area contributed by atoms with Gasteiger partial charge in [-0.15, -0.1) is 0 Å². The largest absolute Gasteiger partial charge is 0.481 e. The molecule has 1 amide bonds. The molecule has 1 rings (SSSR count). The summed E-state index contributed by atoms with van der Waals surface area (Å²) in [4.78, 5) is 23.3. The van der Waals surface area contributed by atoms with Crippen molar-refractivity contribution >= 4 is 23.8 Å². The number of rotatable bonds is 4. The molecule has 0 radical (unpaired) electrons. The van der Waals surface area contributed by atoms with Crippen LogP contribution in [0.25, 0.3) is 0 Å². The zero-order chi connectivity index (χ0) is 12.3. The Bertz CT molecular complexity index is 284. The number of carboxylic acids is 1. The van der Waals surface area contributed by atoms with E-state index in [-0.39, 0.29) is 11.3 Å². The third-order valence-electron chi connectivity index (χ3n) is 3.08. The standard InChI is InChI=1S/C10H17NO4S/c1-6(9(12)13)8(16-2)7-4-3-5-11(7)10(14)15/h6-8H,3-5H2,1-2H3,(H,12,13)(H,14,15)/t6-,7+,8-/m1/s1. The van der Waals surface area contributed by atoms with Gasteiger partial charge in [0.15, 0.2) is 0 Å². The molecule has 0 aromatic rings. The van der Waals surface area contributed by atoms with Crippen molar-refractivity contribution in [1.82, 2.24) is 4.90 Å². The summed E-state index contributed by atoms with van der Waals surface area (Å²) in [6.07, 6.45) is 2.47. The summed E-state index contributed by atoms with van der Waals surface area (Å²) in [5.74, 6) is -1.39. The minimum absolute atomic E-state index is 0.168. The maximum absolute atomic E-state index is 11.0. The fourth-order valence-electron chi connectivity index (χ4n) is 2.21. The molecule has 92 valence electrons. The molecule has 1 aliphatic heterocycles. The first kappa shape index (κ1) is 13.2. The van der Waals surface area contributed by atoms with E-state index in [1.807, 2.05) is 6.26 Å². The molecule has 1 fully saturated rings. The van der Waals surface area contributed by atoms with Crippen LogP contribution in [0.4, 0.5) is 4.79 Å². The second-order valence-corrected chi connectivity index (χ2v) is 5.03. The molecule has 0 aliphatic carbocycles. The monoisotopic (exact) mass is 247 g/mol. The highest BCUT2D eigenvalue weighted by Gasteiger charge is 2.39. The summed E-state index contributed by atoms with van der Waals surface area (Å²) in [5, 5.41) is 17.8. The summed E-state index contributed by atoms with van der Waals surface area (Å²) >= 11 is 1.44. The van der Waals surface area contributed by atoms with E-state index in [9.17, 15) is 9.59 Å². The van der Waals surface area contributed by atoms with Gasteiger partial charge in [-0.2, -0.15) is 11.8 Å². The van der Waals surface area contributed by atoms with Gasteiger partial charge in [-0.05, 0) is 19.1 Å². The van der Waals surface area contributed by atoms with Crippen molar-refractivity contribution in [2.45, 2.75) is 31.1 Å². The minimum Gasteiger partial charge on any atom is -0.481 e. The Balaban J connectivity index is 2.79. The van der Waals surface area contributed by atoms with E-state index in [0.29, 0.717) is 6.54 Å². The zero-order valence-corrected chi connectivity index (χ0v) is 10.2. The van der Waals surface area contributed by atoms with Crippen molar-refractivity contribution in [3.8, 4) is 0 Å². The lowest BCUT2D eigenvalue weighted by Crippen LogP contribution is -2.44. The quantitative estimate of drug-likeness (QED) is 0.788. The molecule has 0 aromatic carbocycles. The van der Waals surface area contributed by atoms with Gasteiger partial charge in [0.2, 0.25) is 0 Å². The molecule has 1 aliphatic rings. The second kappa shape index (κ2) is 5.43. The number of likely N-dealkylation sites (tertiary alicyclic amines) is 1. The van der Waals surface area contributed by atoms with Gasteiger partial charge in [-0.3, -0.25) is 4.79 Å². The van der Waals surface area contributed by atoms with Crippen molar-refractivity contribution in [2.24, 2.45) is 5.92 Å². The Hall–Kier alpha value is -0.910. The van der Waals surface area contributed by atoms with Crippen molar-refractivity contribution in [1.29, 1.82) is 0 Å². The first-order valence-electron chi connectivity index (χ1n) is 5.24. The van der Waals surface area contributed by atoms with Crippen LogP contribution in [0.5, 0.6) is 0 Å². The van der Waals surface area contributed by atoms with Gasteiger partial charge in [0.25, 0.3) is 0 Å². The lowest BCUT2D eigenvalue weighted by atomic mass is 9.99. The number of amides is 1. The molecular formula is C10H17NO4S. The summed E-state index contributed by atoms with van der Waals surface area (Å²) in [6, 6.07) is -0.168. The number of nitrogens with zero attached hydrogens (tertiary/aromatic N) is 1. The van der Waals surface area contributed by atoms with E-state index in [4.69, 9.17) is 10.2 Å². The normalized spacial score (nSPS) is 24.1. The van der Waals surface area contributed by atoms with Crippen LogP contribution in [0.3, 0.4) is 0 Å². The Morgan fingerprint density at radius 1 is 1.44 bits per heavy atom. The number of carbonyl (C=O) groups is 2. The highest BCUT2D eigenvalue weighted by Crippen LogP contribution is 2.31. The van der Waals surface area contributed by atoms with Crippen LogP contribution in [0.2, 0.25) is 0 Å². The molecule has 0 spiro atoms. The Kier molecular flexibility index (Phi) is 4.46. The van der Waals surface area contributed by atoms with E-state index in [2.05, 4.69) is 0 Å². The maximum atomic E-state index is 11.0. The van der Waals surface area contributed by atoms with Gasteiger partial charge < -0.3 is 15.1 Å². The zero-order valence-electron chi connectivity index (χ0n) is 9.42. The maximum Gasteiger partial charge on any atom is 0.407 e. The van der Waals surface area contributed by atoms with Crippen LogP contribution >= 0.6 is 11.8 Å². The van der Waals surface area contributed by atoms with E-state index in [1.54, 1.807) is 6.92 Å². The molecule has 2 N–H and O–H groups in total. The average Bonchev–Trinajstić information content (AvgIpc) is 2.67. The predicted octanol–water partition coefficient (Wildman–Crippen LogP) is 1.58. The van der Waals surface area contributed by atoms with Crippen LogP contribution in [-0.4, -0.2) is 51.3 Å². The smallest absolute Gasteiger partial charge is 0.407 e. The van der Waals surface area contributed by atoms with Crippen LogP contribution in [-0.2, 0) is 4.79 Å². The average molecular weight is 247 g/mol. The third-order valence-corrected chi connectivity index (χ3v) is 4.35. The first-order valence-corrected chi connectivity index (χ1v) is 6.53. The SMILES string of the molecule is CS[C@H]([C@@H](C)C(=O)O)[C@@H]1CCCN1C(=O)O. The first-order chi connectivity index (χ1) is 7.49. The number of carboxylic acid groups (broad SMARTS) is 2. The second-order valence-electron chi connectivity index (χ2n) is 4.01. The molecule has 1 saturated heterocycles. The Labute approximate surface area is 98.8 Å². The van der Waals surface area contributed by atoms with Gasteiger partial charge in [0.1, 0.15) is 0 Å². The highest BCUT2D eigenvalue weighted by atomic mass is 32.2. The third kappa shape index (κ3) is 2.61. The molecule has 0 unspecified atom stereocenters. The number of hydrogen-bond donors (Lipinski definition) is 2. The van der Waals surface area contributed by atoms with Crippen molar-refractivity contribution in [3.63, 3.8) is 0 Å². The molecule has 0 aromatic heterocycles. The van der Waals surface area contributed by atoms with Gasteiger partial charge in [0, 0.05) is 17.8 Å². The lowest BCUT2D eigenvalue weighted by Gasteiger charge is -2.30. The molecule has 6 heteroatoms. The van der Waals surface area contributed by atoms with E-state index in [0.717, 1.165) is 12.8 Å². The number of hydrogen-bond acceptors (Lipinski definition) is 3. The van der Waals surface area contributed by atoms with E-state index >= 15 is 0 Å². The molecule has 1 heterocycles. The topological polar surface area (TPSA) is 77.8 Å².